The second kappa shape index (κ2) is 7.65. The Morgan fingerprint density at radius 1 is 1.00 bits per heavy atom. The van der Waals surface area contributed by atoms with Crippen LogP contribution in [0.2, 0.25) is 0 Å². The van der Waals surface area contributed by atoms with Crippen molar-refractivity contribution >= 4 is 23.7 Å². The van der Waals surface area contributed by atoms with Crippen LogP contribution in [0.3, 0.4) is 0 Å². The van der Waals surface area contributed by atoms with E-state index in [2.05, 4.69) is 78.1 Å². The Bertz CT molecular complexity index is 689. The lowest BCUT2D eigenvalue weighted by Crippen LogP contribution is -2.17. The summed E-state index contributed by atoms with van der Waals surface area (Å²) in [6.45, 7) is 13.7. The molecule has 0 saturated carbocycles. The molecular weight excluding hydrogens is 352 g/mol. The van der Waals surface area contributed by atoms with Gasteiger partial charge in [0.05, 0.1) is 5.69 Å². The van der Waals surface area contributed by atoms with Crippen LogP contribution in [0.4, 0.5) is 0 Å². The zero-order valence-electron chi connectivity index (χ0n) is 16.6. The van der Waals surface area contributed by atoms with Crippen molar-refractivity contribution in [3.8, 4) is 17.0 Å². The van der Waals surface area contributed by atoms with Gasteiger partial charge in [-0.2, -0.15) is 0 Å². The molecule has 0 spiro atoms. The average molecular weight is 383 g/mol. The fraction of sp³-hybridized carbons (Fsp3) is 0.550. The van der Waals surface area contributed by atoms with Crippen molar-refractivity contribution in [2.45, 2.75) is 58.9 Å². The molecule has 1 N–H and O–H groups in total. The lowest BCUT2D eigenvalue weighted by molar-refractivity contribution is 0.402. The fourth-order valence-corrected chi connectivity index (χ4v) is 3.63. The molecule has 0 unspecified atom stereocenters. The van der Waals surface area contributed by atoms with Gasteiger partial charge in [0.15, 0.2) is 0 Å². The van der Waals surface area contributed by atoms with E-state index in [0.717, 1.165) is 33.9 Å². The molecule has 2 aromatic rings. The van der Waals surface area contributed by atoms with E-state index in [1.807, 2.05) is 0 Å². The van der Waals surface area contributed by atoms with E-state index >= 15 is 0 Å². The molecule has 25 heavy (non-hydrogen) atoms. The van der Waals surface area contributed by atoms with E-state index in [4.69, 9.17) is 4.98 Å². The molecule has 0 amide bonds. The van der Waals surface area contributed by atoms with Crippen LogP contribution in [0, 0.1) is 0 Å². The summed E-state index contributed by atoms with van der Waals surface area (Å²) >= 11 is 1.69. The lowest BCUT2D eigenvalue weighted by Gasteiger charge is -2.28. The second-order valence-electron chi connectivity index (χ2n) is 8.78. The summed E-state index contributed by atoms with van der Waals surface area (Å²) < 4.78 is 0. The highest BCUT2D eigenvalue weighted by molar-refractivity contribution is 7.09. The summed E-state index contributed by atoms with van der Waals surface area (Å²) in [5, 5.41) is 14.1. The third-order valence-corrected chi connectivity index (χ3v) is 4.86. The molecule has 0 atom stereocenters. The van der Waals surface area contributed by atoms with Gasteiger partial charge in [-0.15, -0.1) is 23.7 Å². The van der Waals surface area contributed by atoms with Crippen LogP contribution >= 0.6 is 23.7 Å². The highest BCUT2D eigenvalue weighted by Crippen LogP contribution is 2.42. The first-order valence-electron chi connectivity index (χ1n) is 8.37. The number of phenols is 1. The number of aromatic hydroxyl groups is 1. The van der Waals surface area contributed by atoms with Crippen LogP contribution < -0.4 is 0 Å². The van der Waals surface area contributed by atoms with Crippen LogP contribution in [0.25, 0.3) is 11.3 Å². The first-order valence-corrected chi connectivity index (χ1v) is 9.25. The third-order valence-electron chi connectivity index (χ3n) is 4.02. The van der Waals surface area contributed by atoms with E-state index in [-0.39, 0.29) is 23.2 Å². The summed E-state index contributed by atoms with van der Waals surface area (Å²) in [4.78, 5) is 6.92. The maximum Gasteiger partial charge on any atom is 0.123 e. The first kappa shape index (κ1) is 21.9. The van der Waals surface area contributed by atoms with E-state index in [0.29, 0.717) is 5.75 Å². The van der Waals surface area contributed by atoms with Gasteiger partial charge in [-0.1, -0.05) is 41.5 Å². The Kier molecular flexibility index (Phi) is 6.71. The number of phenolic OH excluding ortho intramolecular Hbond substituents is 1. The lowest BCUT2D eigenvalue weighted by atomic mass is 9.78. The zero-order chi connectivity index (χ0) is 18.3. The van der Waals surface area contributed by atoms with E-state index in [1.165, 1.54) is 0 Å². The van der Waals surface area contributed by atoms with Crippen molar-refractivity contribution in [2.24, 2.45) is 0 Å². The van der Waals surface area contributed by atoms with Gasteiger partial charge in [0.25, 0.3) is 0 Å². The summed E-state index contributed by atoms with van der Waals surface area (Å²) in [5.74, 6) is 0.419. The van der Waals surface area contributed by atoms with Crippen LogP contribution in [0.1, 0.15) is 57.7 Å². The highest BCUT2D eigenvalue weighted by Gasteiger charge is 2.27. The summed E-state index contributed by atoms with van der Waals surface area (Å²) in [6, 6.07) is 4.19. The number of benzene rings is 1. The molecule has 1 heterocycles. The number of hydrogen-bond acceptors (Lipinski definition) is 4. The van der Waals surface area contributed by atoms with Gasteiger partial charge in [-0.05, 0) is 37.1 Å². The minimum absolute atomic E-state index is 0. The summed E-state index contributed by atoms with van der Waals surface area (Å²) in [7, 11) is 4.11. The molecule has 1 aromatic carbocycles. The Balaban J connectivity index is 0.00000312. The highest BCUT2D eigenvalue weighted by atomic mass is 35.5. The SMILES string of the molecule is CN(C)Cc1nc(-c2cc(C(C)(C)C)c(O)c(C(C)(C)C)c2)cs1.Cl. The number of hydrogen-bond donors (Lipinski definition) is 1. The number of aromatic nitrogens is 1. The van der Waals surface area contributed by atoms with Crippen LogP contribution in [-0.4, -0.2) is 29.1 Å². The molecule has 0 aliphatic rings. The predicted molar refractivity (Wildman–Crippen MR) is 111 cm³/mol. The fourth-order valence-electron chi connectivity index (χ4n) is 2.71. The molecule has 0 bridgehead atoms. The van der Waals surface area contributed by atoms with E-state index < -0.39 is 0 Å². The van der Waals surface area contributed by atoms with Gasteiger partial charge < -0.3 is 10.0 Å². The van der Waals surface area contributed by atoms with Gasteiger partial charge in [-0.25, -0.2) is 4.98 Å². The molecule has 140 valence electrons. The predicted octanol–water partition coefficient (Wildman–Crippen LogP) is 5.59. The molecule has 0 fully saturated rings. The van der Waals surface area contributed by atoms with E-state index in [1.54, 1.807) is 11.3 Å². The molecule has 1 aromatic heterocycles. The number of nitrogens with zero attached hydrogens (tertiary/aromatic N) is 2. The molecule has 0 radical (unpaired) electrons. The van der Waals surface area contributed by atoms with Crippen LogP contribution in [0.15, 0.2) is 17.5 Å². The Hall–Kier alpha value is -1.10. The van der Waals surface area contributed by atoms with Gasteiger partial charge in [0.1, 0.15) is 10.8 Å². The van der Waals surface area contributed by atoms with Crippen molar-refractivity contribution in [2.75, 3.05) is 14.1 Å². The first-order chi connectivity index (χ1) is 10.9. The van der Waals surface area contributed by atoms with Gasteiger partial charge >= 0.3 is 0 Å². The van der Waals surface area contributed by atoms with Crippen molar-refractivity contribution < 1.29 is 5.11 Å². The standard InChI is InChI=1S/C20H30N2OS.ClH/c1-19(2,3)14-9-13(10-15(18(14)23)20(4,5)6)16-12-24-17(21-16)11-22(7)8;/h9-10,12,23H,11H2,1-8H3;1H. The number of rotatable bonds is 3. The smallest absolute Gasteiger partial charge is 0.123 e. The maximum atomic E-state index is 10.8. The summed E-state index contributed by atoms with van der Waals surface area (Å²) in [5.41, 5.74) is 3.79. The van der Waals surface area contributed by atoms with Gasteiger partial charge in [-0.3, -0.25) is 0 Å². The minimum atomic E-state index is -0.122. The van der Waals surface area contributed by atoms with E-state index in [9.17, 15) is 5.11 Å². The maximum absolute atomic E-state index is 10.8. The quantitative estimate of drug-likeness (QED) is 0.751. The monoisotopic (exact) mass is 382 g/mol. The zero-order valence-corrected chi connectivity index (χ0v) is 18.2. The van der Waals surface area contributed by atoms with Crippen molar-refractivity contribution in [3.05, 3.63) is 33.6 Å². The topological polar surface area (TPSA) is 36.4 Å². The molecule has 0 saturated heterocycles. The summed E-state index contributed by atoms with van der Waals surface area (Å²) in [6.07, 6.45) is 0. The number of thiazole rings is 1. The van der Waals surface area contributed by atoms with Gasteiger partial charge in [0, 0.05) is 28.6 Å². The van der Waals surface area contributed by atoms with Crippen molar-refractivity contribution in [3.63, 3.8) is 0 Å². The molecule has 3 nitrogen and oxygen atoms in total. The Morgan fingerprint density at radius 2 is 1.48 bits per heavy atom. The molecule has 2 rings (SSSR count). The number of halogens is 1. The van der Waals surface area contributed by atoms with Gasteiger partial charge in [0.2, 0.25) is 0 Å². The second-order valence-corrected chi connectivity index (χ2v) is 9.73. The third kappa shape index (κ3) is 5.19. The molecule has 5 heteroatoms. The van der Waals surface area contributed by atoms with Crippen molar-refractivity contribution in [1.29, 1.82) is 0 Å². The van der Waals surface area contributed by atoms with Crippen LogP contribution in [0.5, 0.6) is 5.75 Å². The molecule has 0 aliphatic carbocycles. The van der Waals surface area contributed by atoms with Crippen LogP contribution in [-0.2, 0) is 17.4 Å². The Labute approximate surface area is 162 Å². The Morgan fingerprint density at radius 3 is 1.88 bits per heavy atom. The minimum Gasteiger partial charge on any atom is -0.507 e. The molecule has 0 aliphatic heterocycles. The van der Waals surface area contributed by atoms with Crippen molar-refractivity contribution in [1.82, 2.24) is 9.88 Å². The normalized spacial score (nSPS) is 12.4. The average Bonchev–Trinajstić information content (AvgIpc) is 2.83. The molecular formula is C20H31ClN2OS. The largest absolute Gasteiger partial charge is 0.507 e.